The fraction of sp³-hybridized carbons (Fsp3) is 0. The van der Waals surface area contributed by atoms with Crippen LogP contribution in [0.15, 0.2) is 52.0 Å². The summed E-state index contributed by atoms with van der Waals surface area (Å²) in [5.74, 6) is -0.877. The summed E-state index contributed by atoms with van der Waals surface area (Å²) in [6.45, 7) is 0. The second-order valence-corrected chi connectivity index (χ2v) is 6.01. The first-order valence-corrected chi connectivity index (χ1v) is 7.15. The van der Waals surface area contributed by atoms with E-state index in [-0.39, 0.29) is 10.6 Å². The van der Waals surface area contributed by atoms with Gasteiger partial charge in [-0.15, -0.1) is 0 Å². The van der Waals surface area contributed by atoms with Gasteiger partial charge in [0, 0.05) is 10.7 Å². The number of halogens is 2. The van der Waals surface area contributed by atoms with Crippen molar-refractivity contribution in [3.05, 3.63) is 53.0 Å². The lowest BCUT2D eigenvalue weighted by atomic mass is 10.4. The Balaban J connectivity index is 2.37. The molecule has 0 aliphatic carbocycles. The topological polar surface area (TPSA) is 59.1 Å². The molecule has 0 radical (unpaired) electrons. The fourth-order valence-electron chi connectivity index (χ4n) is 1.30. The first kappa shape index (κ1) is 13.0. The van der Waals surface area contributed by atoms with E-state index in [1.54, 1.807) is 18.2 Å². The van der Waals surface area contributed by atoms with Crippen LogP contribution in [0.25, 0.3) is 0 Å². The summed E-state index contributed by atoms with van der Waals surface area (Å²) >= 11 is 3.10. The second-order valence-electron chi connectivity index (χ2n) is 3.41. The predicted octanol–water partition coefficient (Wildman–Crippen LogP) is 2.78. The molecule has 2 rings (SSSR count). The highest BCUT2D eigenvalue weighted by Gasteiger charge is 2.16. The minimum absolute atomic E-state index is 0.0596. The number of anilines is 1. The van der Waals surface area contributed by atoms with Gasteiger partial charge in [0.2, 0.25) is 5.95 Å². The van der Waals surface area contributed by atoms with Crippen molar-refractivity contribution in [2.45, 2.75) is 4.90 Å². The summed E-state index contributed by atoms with van der Waals surface area (Å²) in [5.41, 5.74) is -0.201. The van der Waals surface area contributed by atoms with Gasteiger partial charge in [-0.05, 0) is 34.1 Å². The molecule has 0 aliphatic heterocycles. The van der Waals surface area contributed by atoms with E-state index >= 15 is 0 Å². The number of sulfonamides is 1. The molecular formula is C11H8BrFN2O2S. The van der Waals surface area contributed by atoms with Crippen molar-refractivity contribution in [1.29, 1.82) is 0 Å². The Kier molecular flexibility index (Phi) is 3.63. The van der Waals surface area contributed by atoms with Crippen LogP contribution in [-0.4, -0.2) is 13.4 Å². The number of nitrogens with zero attached hydrogens (tertiary/aromatic N) is 1. The van der Waals surface area contributed by atoms with Crippen molar-refractivity contribution in [3.63, 3.8) is 0 Å². The van der Waals surface area contributed by atoms with Gasteiger partial charge in [0.25, 0.3) is 10.0 Å². The summed E-state index contributed by atoms with van der Waals surface area (Å²) in [6, 6.07) is 9.02. The number of nitrogens with one attached hydrogen (secondary N) is 1. The maximum Gasteiger partial charge on any atom is 0.262 e. The van der Waals surface area contributed by atoms with E-state index in [4.69, 9.17) is 0 Å². The zero-order valence-corrected chi connectivity index (χ0v) is 11.4. The van der Waals surface area contributed by atoms with Crippen LogP contribution < -0.4 is 4.72 Å². The molecule has 0 saturated heterocycles. The Morgan fingerprint density at radius 1 is 1.22 bits per heavy atom. The third kappa shape index (κ3) is 2.85. The van der Waals surface area contributed by atoms with Crippen molar-refractivity contribution in [2.75, 3.05) is 4.72 Å². The van der Waals surface area contributed by atoms with Gasteiger partial charge < -0.3 is 0 Å². The van der Waals surface area contributed by atoms with E-state index in [0.29, 0.717) is 4.47 Å². The molecule has 0 spiro atoms. The maximum absolute atomic E-state index is 13.4. The average Bonchev–Trinajstić information content (AvgIpc) is 2.35. The van der Waals surface area contributed by atoms with E-state index in [0.717, 1.165) is 0 Å². The quantitative estimate of drug-likeness (QED) is 0.880. The summed E-state index contributed by atoms with van der Waals surface area (Å²) in [7, 11) is -3.80. The first-order chi connectivity index (χ1) is 8.49. The van der Waals surface area contributed by atoms with Gasteiger partial charge in [-0.1, -0.05) is 18.2 Å². The van der Waals surface area contributed by atoms with Crippen molar-refractivity contribution < 1.29 is 12.8 Å². The first-order valence-electron chi connectivity index (χ1n) is 4.88. The molecule has 1 aromatic carbocycles. The standard InChI is InChI=1S/C11H8BrFN2O2S/c12-8-6-10(11(13)14-7-8)15-18(16,17)9-4-2-1-3-5-9/h1-7,15H. The Hall–Kier alpha value is -1.47. The Morgan fingerprint density at radius 2 is 1.89 bits per heavy atom. The summed E-state index contributed by atoms with van der Waals surface area (Å²) in [5, 5.41) is 0. The van der Waals surface area contributed by atoms with Crippen molar-refractivity contribution in [3.8, 4) is 0 Å². The minimum Gasteiger partial charge on any atom is -0.275 e. The number of pyridine rings is 1. The van der Waals surface area contributed by atoms with Crippen LogP contribution in [0.1, 0.15) is 0 Å². The lowest BCUT2D eigenvalue weighted by Crippen LogP contribution is -2.14. The normalized spacial score (nSPS) is 11.2. The van der Waals surface area contributed by atoms with Crippen LogP contribution in [0.5, 0.6) is 0 Å². The van der Waals surface area contributed by atoms with Crippen LogP contribution in [-0.2, 0) is 10.0 Å². The van der Waals surface area contributed by atoms with Gasteiger partial charge in [-0.25, -0.2) is 13.4 Å². The maximum atomic E-state index is 13.4. The highest BCUT2D eigenvalue weighted by Crippen LogP contribution is 2.21. The number of rotatable bonds is 3. The lowest BCUT2D eigenvalue weighted by Gasteiger charge is -2.08. The fourth-order valence-corrected chi connectivity index (χ4v) is 2.69. The molecule has 1 N–H and O–H groups in total. The summed E-state index contributed by atoms with van der Waals surface area (Å²) in [6.07, 6.45) is 1.25. The van der Waals surface area contributed by atoms with Gasteiger partial charge in [0.1, 0.15) is 5.69 Å². The Morgan fingerprint density at radius 3 is 2.56 bits per heavy atom. The molecule has 0 atom stereocenters. The van der Waals surface area contributed by atoms with Gasteiger partial charge in [-0.2, -0.15) is 4.39 Å². The molecule has 7 heteroatoms. The van der Waals surface area contributed by atoms with Crippen LogP contribution in [0.2, 0.25) is 0 Å². The van der Waals surface area contributed by atoms with Crippen molar-refractivity contribution in [1.82, 2.24) is 4.98 Å². The third-order valence-electron chi connectivity index (χ3n) is 2.10. The molecule has 4 nitrogen and oxygen atoms in total. The molecule has 0 bridgehead atoms. The summed E-state index contributed by atoms with van der Waals surface area (Å²) < 4.78 is 39.9. The van der Waals surface area contributed by atoms with E-state index in [1.807, 2.05) is 0 Å². The highest BCUT2D eigenvalue weighted by atomic mass is 79.9. The van der Waals surface area contributed by atoms with E-state index in [2.05, 4.69) is 25.6 Å². The molecule has 94 valence electrons. The van der Waals surface area contributed by atoms with Gasteiger partial charge in [0.05, 0.1) is 4.90 Å². The predicted molar refractivity (Wildman–Crippen MR) is 69.1 cm³/mol. The van der Waals surface area contributed by atoms with E-state index in [9.17, 15) is 12.8 Å². The van der Waals surface area contributed by atoms with Crippen LogP contribution in [0.4, 0.5) is 10.1 Å². The van der Waals surface area contributed by atoms with Crippen LogP contribution in [0.3, 0.4) is 0 Å². The molecule has 0 aliphatic rings. The Labute approximate surface area is 112 Å². The molecule has 18 heavy (non-hydrogen) atoms. The minimum atomic E-state index is -3.80. The summed E-state index contributed by atoms with van der Waals surface area (Å²) in [4.78, 5) is 3.48. The molecule has 0 unspecified atom stereocenters. The van der Waals surface area contributed by atoms with Crippen molar-refractivity contribution >= 4 is 31.6 Å². The van der Waals surface area contributed by atoms with Crippen molar-refractivity contribution in [2.24, 2.45) is 0 Å². The highest BCUT2D eigenvalue weighted by molar-refractivity contribution is 9.10. The second kappa shape index (κ2) is 5.03. The smallest absolute Gasteiger partial charge is 0.262 e. The molecule has 0 amide bonds. The van der Waals surface area contributed by atoms with Crippen LogP contribution in [0, 0.1) is 5.95 Å². The van der Waals surface area contributed by atoms with Crippen LogP contribution >= 0.6 is 15.9 Å². The van der Waals surface area contributed by atoms with E-state index in [1.165, 1.54) is 24.4 Å². The average molecular weight is 331 g/mol. The number of benzene rings is 1. The number of hydrogen-bond acceptors (Lipinski definition) is 3. The molecule has 1 aromatic heterocycles. The van der Waals surface area contributed by atoms with E-state index < -0.39 is 16.0 Å². The Bertz CT molecular complexity index is 662. The third-order valence-corrected chi connectivity index (χ3v) is 3.92. The zero-order chi connectivity index (χ0) is 13.2. The molecule has 2 aromatic rings. The number of hydrogen-bond donors (Lipinski definition) is 1. The SMILES string of the molecule is O=S(=O)(Nc1cc(Br)cnc1F)c1ccccc1. The molecule has 0 saturated carbocycles. The molecule has 1 heterocycles. The largest absolute Gasteiger partial charge is 0.275 e. The molecule has 0 fully saturated rings. The van der Waals surface area contributed by atoms with Gasteiger partial charge >= 0.3 is 0 Å². The number of aromatic nitrogens is 1. The van der Waals surface area contributed by atoms with Gasteiger partial charge in [0.15, 0.2) is 0 Å². The lowest BCUT2D eigenvalue weighted by molar-refractivity contribution is 0.583. The molecular weight excluding hydrogens is 323 g/mol. The monoisotopic (exact) mass is 330 g/mol. The van der Waals surface area contributed by atoms with Gasteiger partial charge in [-0.3, -0.25) is 4.72 Å². The zero-order valence-electron chi connectivity index (χ0n) is 8.97.